The van der Waals surface area contributed by atoms with E-state index in [2.05, 4.69) is 105 Å². The maximum Gasteiger partial charge on any atom is 0.247 e. The summed E-state index contributed by atoms with van der Waals surface area (Å²) >= 11 is 7.49. The molecule has 0 N–H and O–H groups in total. The average molecular weight is 367 g/mol. The van der Waals surface area contributed by atoms with Gasteiger partial charge in [0.1, 0.15) is 0 Å². The second-order valence-electron chi connectivity index (χ2n) is 7.22. The van der Waals surface area contributed by atoms with Gasteiger partial charge in [0.25, 0.3) is 0 Å². The number of halogens is 1. The minimum absolute atomic E-state index is 1.24. The van der Waals surface area contributed by atoms with Gasteiger partial charge in [-0.25, -0.2) is 0 Å². The Bertz CT molecular complexity index is 769. The van der Waals surface area contributed by atoms with Crippen LogP contribution < -0.4 is 20.7 Å². The average Bonchev–Trinajstić information content (AvgIpc) is 2.62. The standard InChI is InChI=1S/C21H23ClSi2/c1-23(2,3)20-15-10-16-21(17-20)24(22,18-11-6-4-7-12-18)19-13-8-5-9-14-19/h4-17H,1-3H3. The second kappa shape index (κ2) is 6.71. The van der Waals surface area contributed by atoms with E-state index in [1.165, 1.54) is 20.7 Å². The molecule has 0 amide bonds. The quantitative estimate of drug-likeness (QED) is 0.377. The first-order valence-electron chi connectivity index (χ1n) is 8.33. The molecule has 0 spiro atoms. The first-order chi connectivity index (χ1) is 11.4. The third-order valence-electron chi connectivity index (χ3n) is 4.47. The van der Waals surface area contributed by atoms with Gasteiger partial charge in [-0.1, -0.05) is 110 Å². The lowest BCUT2D eigenvalue weighted by atomic mass is 10.3. The highest BCUT2D eigenvalue weighted by atomic mass is 35.6. The van der Waals surface area contributed by atoms with E-state index in [1.807, 2.05) is 0 Å². The van der Waals surface area contributed by atoms with Gasteiger partial charge in [-0.05, 0) is 15.6 Å². The molecule has 3 aromatic carbocycles. The highest BCUT2D eigenvalue weighted by Crippen LogP contribution is 2.12. The summed E-state index contributed by atoms with van der Waals surface area (Å²) in [6.45, 7) is 7.15. The van der Waals surface area contributed by atoms with E-state index in [-0.39, 0.29) is 0 Å². The molecule has 3 heteroatoms. The van der Waals surface area contributed by atoms with E-state index in [9.17, 15) is 0 Å². The summed E-state index contributed by atoms with van der Waals surface area (Å²) in [5.74, 6) is 0. The fraction of sp³-hybridized carbons (Fsp3) is 0.143. The molecule has 0 bridgehead atoms. The molecular formula is C21H23ClSi2. The Hall–Kier alpha value is -1.62. The summed E-state index contributed by atoms with van der Waals surface area (Å²) in [5.41, 5.74) is 0. The molecule has 0 saturated carbocycles. The van der Waals surface area contributed by atoms with Gasteiger partial charge >= 0.3 is 0 Å². The normalized spacial score (nSPS) is 12.2. The predicted octanol–water partition coefficient (Wildman–Crippen LogP) is 3.44. The van der Waals surface area contributed by atoms with Crippen LogP contribution in [-0.4, -0.2) is 15.5 Å². The van der Waals surface area contributed by atoms with Crippen LogP contribution in [0.2, 0.25) is 19.6 Å². The molecule has 24 heavy (non-hydrogen) atoms. The minimum atomic E-state index is -2.49. The molecule has 0 fully saturated rings. The van der Waals surface area contributed by atoms with Crippen molar-refractivity contribution in [3.8, 4) is 0 Å². The Morgan fingerprint density at radius 3 is 1.42 bits per heavy atom. The number of benzene rings is 3. The monoisotopic (exact) mass is 366 g/mol. The lowest BCUT2D eigenvalue weighted by Crippen LogP contribution is -2.63. The third kappa shape index (κ3) is 3.27. The Morgan fingerprint density at radius 2 is 0.958 bits per heavy atom. The van der Waals surface area contributed by atoms with Crippen molar-refractivity contribution < 1.29 is 0 Å². The van der Waals surface area contributed by atoms with E-state index in [0.29, 0.717) is 0 Å². The largest absolute Gasteiger partial charge is 0.247 e. The van der Waals surface area contributed by atoms with Crippen LogP contribution in [0.3, 0.4) is 0 Å². The molecule has 0 aliphatic heterocycles. The van der Waals surface area contributed by atoms with Crippen LogP contribution in [0.5, 0.6) is 0 Å². The van der Waals surface area contributed by atoms with Crippen molar-refractivity contribution in [3.05, 3.63) is 84.9 Å². The van der Waals surface area contributed by atoms with E-state index in [1.54, 1.807) is 0 Å². The van der Waals surface area contributed by atoms with Gasteiger partial charge in [-0.3, -0.25) is 0 Å². The molecular weight excluding hydrogens is 344 g/mol. The fourth-order valence-corrected chi connectivity index (χ4v) is 8.46. The first-order valence-corrected chi connectivity index (χ1v) is 14.8. The predicted molar refractivity (Wildman–Crippen MR) is 113 cm³/mol. The highest BCUT2D eigenvalue weighted by Gasteiger charge is 2.38. The molecule has 0 aromatic heterocycles. The number of rotatable bonds is 4. The van der Waals surface area contributed by atoms with Crippen molar-refractivity contribution >= 4 is 47.3 Å². The molecule has 0 unspecified atom stereocenters. The van der Waals surface area contributed by atoms with Crippen LogP contribution in [0.25, 0.3) is 0 Å². The summed E-state index contributed by atoms with van der Waals surface area (Å²) in [6.07, 6.45) is 0. The molecule has 3 aromatic rings. The van der Waals surface area contributed by atoms with E-state index in [0.717, 1.165) is 0 Å². The Balaban J connectivity index is 2.24. The van der Waals surface area contributed by atoms with Gasteiger partial charge in [0.15, 0.2) is 0 Å². The summed E-state index contributed by atoms with van der Waals surface area (Å²) in [5, 5.41) is 5.22. The van der Waals surface area contributed by atoms with Crippen LogP contribution in [0, 0.1) is 0 Å². The molecule has 0 aliphatic rings. The van der Waals surface area contributed by atoms with E-state index >= 15 is 0 Å². The summed E-state index contributed by atoms with van der Waals surface area (Å²) < 4.78 is 0. The first kappa shape index (κ1) is 17.2. The van der Waals surface area contributed by atoms with E-state index in [4.69, 9.17) is 11.1 Å². The van der Waals surface area contributed by atoms with Crippen LogP contribution in [0.4, 0.5) is 0 Å². The molecule has 0 radical (unpaired) electrons. The van der Waals surface area contributed by atoms with Crippen LogP contribution >= 0.6 is 11.1 Å². The number of hydrogen-bond donors (Lipinski definition) is 0. The smallest absolute Gasteiger partial charge is 0.149 e. The Morgan fingerprint density at radius 1 is 0.542 bits per heavy atom. The maximum atomic E-state index is 7.49. The van der Waals surface area contributed by atoms with Crippen molar-refractivity contribution in [3.63, 3.8) is 0 Å². The van der Waals surface area contributed by atoms with Crippen molar-refractivity contribution in [1.29, 1.82) is 0 Å². The van der Waals surface area contributed by atoms with Gasteiger partial charge in [-0.15, -0.1) is 11.1 Å². The van der Waals surface area contributed by atoms with Gasteiger partial charge < -0.3 is 0 Å². The van der Waals surface area contributed by atoms with E-state index < -0.39 is 15.5 Å². The zero-order chi connectivity index (χ0) is 17.2. The molecule has 0 heterocycles. The van der Waals surface area contributed by atoms with Crippen molar-refractivity contribution in [2.45, 2.75) is 19.6 Å². The van der Waals surface area contributed by atoms with Crippen molar-refractivity contribution in [1.82, 2.24) is 0 Å². The molecule has 0 saturated heterocycles. The lowest BCUT2D eigenvalue weighted by molar-refractivity contribution is 1.68. The van der Waals surface area contributed by atoms with Crippen LogP contribution in [0.15, 0.2) is 84.9 Å². The summed E-state index contributed by atoms with van der Waals surface area (Å²) in [6, 6.07) is 30.2. The minimum Gasteiger partial charge on any atom is -0.149 e. The van der Waals surface area contributed by atoms with Crippen molar-refractivity contribution in [2.75, 3.05) is 0 Å². The van der Waals surface area contributed by atoms with Gasteiger partial charge in [0.05, 0.1) is 8.07 Å². The third-order valence-corrected chi connectivity index (χ3v) is 11.8. The Kier molecular flexibility index (Phi) is 4.81. The summed E-state index contributed by atoms with van der Waals surface area (Å²) in [4.78, 5) is 0. The molecule has 0 aliphatic carbocycles. The fourth-order valence-electron chi connectivity index (χ4n) is 3.04. The van der Waals surface area contributed by atoms with Crippen LogP contribution in [0.1, 0.15) is 0 Å². The van der Waals surface area contributed by atoms with Gasteiger partial charge in [0, 0.05) is 0 Å². The number of hydrogen-bond acceptors (Lipinski definition) is 0. The molecule has 0 nitrogen and oxygen atoms in total. The topological polar surface area (TPSA) is 0 Å². The maximum absolute atomic E-state index is 7.49. The van der Waals surface area contributed by atoms with Crippen molar-refractivity contribution in [2.24, 2.45) is 0 Å². The highest BCUT2D eigenvalue weighted by molar-refractivity contribution is 7.40. The summed E-state index contributed by atoms with van der Waals surface area (Å²) in [7, 11) is -3.88. The zero-order valence-electron chi connectivity index (χ0n) is 14.5. The van der Waals surface area contributed by atoms with Gasteiger partial charge in [0.2, 0.25) is 7.38 Å². The van der Waals surface area contributed by atoms with Gasteiger partial charge in [-0.2, -0.15) is 0 Å². The molecule has 0 atom stereocenters. The SMILES string of the molecule is C[Si](C)(C)c1cccc([Si](Cl)(c2ccccc2)c2ccccc2)c1. The Labute approximate surface area is 151 Å². The second-order valence-corrected chi connectivity index (χ2v) is 17.0. The lowest BCUT2D eigenvalue weighted by Gasteiger charge is -2.28. The molecule has 3 rings (SSSR count). The van der Waals surface area contributed by atoms with Crippen LogP contribution in [-0.2, 0) is 0 Å². The molecule has 122 valence electrons. The zero-order valence-corrected chi connectivity index (χ0v) is 17.2.